The van der Waals surface area contributed by atoms with Gasteiger partial charge in [0.2, 0.25) is 0 Å². The van der Waals surface area contributed by atoms with Crippen LogP contribution in [0.5, 0.6) is 5.75 Å². The maximum Gasteiger partial charge on any atom is 0.127 e. The third kappa shape index (κ3) is 2.46. The Morgan fingerprint density at radius 2 is 1.90 bits per heavy atom. The summed E-state index contributed by atoms with van der Waals surface area (Å²) in [6, 6.07) is 4.36. The summed E-state index contributed by atoms with van der Waals surface area (Å²) < 4.78 is 19.8. The first-order valence-electron chi connectivity index (χ1n) is 8.23. The molecule has 0 amide bonds. The second-order valence-electron chi connectivity index (χ2n) is 7.46. The molecule has 3 heteroatoms. The molecule has 2 aliphatic carbocycles. The van der Waals surface area contributed by atoms with Crippen molar-refractivity contribution in [3.63, 3.8) is 0 Å². The van der Waals surface area contributed by atoms with E-state index in [1.54, 1.807) is 6.07 Å². The van der Waals surface area contributed by atoms with Crippen molar-refractivity contribution in [2.24, 2.45) is 11.3 Å². The fourth-order valence-electron chi connectivity index (χ4n) is 4.21. The molecule has 0 spiro atoms. The van der Waals surface area contributed by atoms with Gasteiger partial charge in [-0.3, -0.25) is 0 Å². The molecule has 0 atom stereocenters. The van der Waals surface area contributed by atoms with Crippen LogP contribution in [0.15, 0.2) is 18.2 Å². The molecule has 2 aliphatic heterocycles. The highest BCUT2D eigenvalue weighted by Gasteiger charge is 2.50. The number of hydrogen-bond acceptors (Lipinski definition) is 2. The van der Waals surface area contributed by atoms with Gasteiger partial charge in [0.25, 0.3) is 0 Å². The number of halogens is 1. The molecule has 1 aromatic rings. The average Bonchev–Trinajstić information content (AvgIpc) is 3.31. The molecule has 2 bridgehead atoms. The lowest BCUT2D eigenvalue weighted by molar-refractivity contribution is -0.192. The van der Waals surface area contributed by atoms with Crippen LogP contribution in [0.4, 0.5) is 4.39 Å². The van der Waals surface area contributed by atoms with Gasteiger partial charge in [0.15, 0.2) is 0 Å². The Morgan fingerprint density at radius 1 is 1.14 bits per heavy atom. The summed E-state index contributed by atoms with van der Waals surface area (Å²) in [4.78, 5) is 0. The minimum atomic E-state index is -0.376. The van der Waals surface area contributed by atoms with E-state index in [0.717, 1.165) is 37.0 Å². The van der Waals surface area contributed by atoms with Gasteiger partial charge in [-0.15, -0.1) is 0 Å². The zero-order valence-electron chi connectivity index (χ0n) is 12.4. The quantitative estimate of drug-likeness (QED) is 0.884. The summed E-state index contributed by atoms with van der Waals surface area (Å²) in [5.74, 6) is 0.603. The lowest BCUT2D eigenvalue weighted by Gasteiger charge is -2.53. The van der Waals surface area contributed by atoms with Gasteiger partial charge in [0.1, 0.15) is 11.6 Å². The Kier molecular flexibility index (Phi) is 3.04. The Morgan fingerprint density at radius 3 is 2.48 bits per heavy atom. The summed E-state index contributed by atoms with van der Waals surface area (Å²) in [5.41, 5.74) is 0.830. The van der Waals surface area contributed by atoms with Crippen molar-refractivity contribution in [3.8, 4) is 5.75 Å². The monoisotopic (exact) mass is 290 g/mol. The molecule has 2 saturated carbocycles. The molecular weight excluding hydrogens is 267 g/mol. The third-order valence-electron chi connectivity index (χ3n) is 5.96. The van der Waals surface area contributed by atoms with E-state index >= 15 is 0 Å². The summed E-state index contributed by atoms with van der Waals surface area (Å²) in [6.45, 7) is 0.803. The number of phenolic OH excluding ortho intramolecular Hbond substituents is 1. The Balaban J connectivity index is 1.51. The molecule has 0 aromatic heterocycles. The van der Waals surface area contributed by atoms with E-state index in [-0.39, 0.29) is 17.2 Å². The van der Waals surface area contributed by atoms with Crippen molar-refractivity contribution in [3.05, 3.63) is 29.6 Å². The second-order valence-corrected chi connectivity index (χ2v) is 7.46. The number of benzene rings is 1. The van der Waals surface area contributed by atoms with Gasteiger partial charge in [-0.1, -0.05) is 12.8 Å². The van der Waals surface area contributed by atoms with E-state index in [1.165, 1.54) is 44.6 Å². The van der Waals surface area contributed by atoms with Gasteiger partial charge in [-0.2, -0.15) is 0 Å². The SMILES string of the molecule is Oc1cc(F)cc(C23CCC(CCC4CC4)(CC2)CO3)c1. The van der Waals surface area contributed by atoms with Crippen LogP contribution in [-0.4, -0.2) is 11.7 Å². The number of fused-ring (bicyclic) bond motifs is 3. The molecule has 0 radical (unpaired) electrons. The van der Waals surface area contributed by atoms with E-state index in [9.17, 15) is 9.50 Å². The Hall–Kier alpha value is -1.09. The second kappa shape index (κ2) is 4.70. The van der Waals surface area contributed by atoms with Crippen molar-refractivity contribution >= 4 is 0 Å². The number of rotatable bonds is 4. The highest BCUT2D eigenvalue weighted by Crippen LogP contribution is 2.56. The summed E-state index contributed by atoms with van der Waals surface area (Å²) in [7, 11) is 0. The van der Waals surface area contributed by atoms with Crippen LogP contribution in [0.3, 0.4) is 0 Å². The van der Waals surface area contributed by atoms with Crippen LogP contribution in [0.25, 0.3) is 0 Å². The molecule has 4 fully saturated rings. The first kappa shape index (κ1) is 13.6. The van der Waals surface area contributed by atoms with Gasteiger partial charge in [0.05, 0.1) is 12.2 Å². The van der Waals surface area contributed by atoms with Crippen LogP contribution < -0.4 is 0 Å². The molecule has 2 heterocycles. The van der Waals surface area contributed by atoms with Crippen LogP contribution in [0, 0.1) is 17.2 Å². The van der Waals surface area contributed by atoms with Gasteiger partial charge < -0.3 is 9.84 Å². The van der Waals surface area contributed by atoms with E-state index < -0.39 is 0 Å². The van der Waals surface area contributed by atoms with Crippen LogP contribution >= 0.6 is 0 Å². The van der Waals surface area contributed by atoms with E-state index in [4.69, 9.17) is 4.74 Å². The van der Waals surface area contributed by atoms with Crippen molar-refractivity contribution in [2.75, 3.05) is 6.61 Å². The number of aromatic hydroxyl groups is 1. The van der Waals surface area contributed by atoms with Crippen molar-refractivity contribution in [1.82, 2.24) is 0 Å². The smallest absolute Gasteiger partial charge is 0.127 e. The number of ether oxygens (including phenoxy) is 1. The topological polar surface area (TPSA) is 29.5 Å². The van der Waals surface area contributed by atoms with Gasteiger partial charge in [-0.25, -0.2) is 4.39 Å². The summed E-state index contributed by atoms with van der Waals surface area (Å²) >= 11 is 0. The molecule has 2 saturated heterocycles. The first-order valence-corrected chi connectivity index (χ1v) is 8.23. The first-order chi connectivity index (χ1) is 10.1. The summed E-state index contributed by atoms with van der Waals surface area (Å²) in [6.07, 6.45) is 9.77. The minimum absolute atomic E-state index is 0.000816. The lowest BCUT2D eigenvalue weighted by Crippen LogP contribution is -2.49. The largest absolute Gasteiger partial charge is 0.508 e. The summed E-state index contributed by atoms with van der Waals surface area (Å²) in [5, 5.41) is 9.65. The van der Waals surface area contributed by atoms with Crippen molar-refractivity contribution in [1.29, 1.82) is 0 Å². The lowest BCUT2D eigenvalue weighted by atomic mass is 9.62. The molecule has 114 valence electrons. The molecule has 0 unspecified atom stereocenters. The normalized spacial score (nSPS) is 35.1. The highest BCUT2D eigenvalue weighted by atomic mass is 19.1. The number of hydrogen-bond donors (Lipinski definition) is 1. The van der Waals surface area contributed by atoms with Crippen molar-refractivity contribution in [2.45, 2.75) is 57.0 Å². The van der Waals surface area contributed by atoms with Gasteiger partial charge in [-0.05, 0) is 67.6 Å². The van der Waals surface area contributed by atoms with E-state index in [0.29, 0.717) is 5.41 Å². The molecule has 4 aliphatic rings. The third-order valence-corrected chi connectivity index (χ3v) is 5.96. The molecule has 2 nitrogen and oxygen atoms in total. The minimum Gasteiger partial charge on any atom is -0.508 e. The molecule has 5 rings (SSSR count). The molecule has 1 N–H and O–H groups in total. The van der Waals surface area contributed by atoms with Crippen LogP contribution in [0.2, 0.25) is 0 Å². The molecule has 21 heavy (non-hydrogen) atoms. The number of phenols is 1. The van der Waals surface area contributed by atoms with Crippen LogP contribution in [0.1, 0.15) is 56.9 Å². The molecule has 1 aromatic carbocycles. The Labute approximate surface area is 125 Å². The van der Waals surface area contributed by atoms with Gasteiger partial charge in [0, 0.05) is 6.07 Å². The fraction of sp³-hybridized carbons (Fsp3) is 0.667. The van der Waals surface area contributed by atoms with E-state index in [2.05, 4.69) is 0 Å². The van der Waals surface area contributed by atoms with E-state index in [1.807, 2.05) is 0 Å². The van der Waals surface area contributed by atoms with Gasteiger partial charge >= 0.3 is 0 Å². The maximum atomic E-state index is 13.6. The average molecular weight is 290 g/mol. The fourth-order valence-corrected chi connectivity index (χ4v) is 4.21. The maximum absolute atomic E-state index is 13.6. The van der Waals surface area contributed by atoms with Crippen LogP contribution in [-0.2, 0) is 10.3 Å². The predicted octanol–water partition coefficient (Wildman–Crippen LogP) is 4.51. The Bertz CT molecular complexity index is 505. The van der Waals surface area contributed by atoms with Crippen molar-refractivity contribution < 1.29 is 14.2 Å². The zero-order chi connectivity index (χ0) is 14.5. The highest BCUT2D eigenvalue weighted by molar-refractivity contribution is 5.33. The zero-order valence-corrected chi connectivity index (χ0v) is 12.4. The molecular formula is C18H23FO2. The standard InChI is InChI=1S/C18H23FO2/c19-15-9-14(10-16(20)11-15)18-7-5-17(6-8-18,12-21-18)4-3-13-1-2-13/h9-11,13,20H,1-8,12H2. The predicted molar refractivity (Wildman–Crippen MR) is 78.6 cm³/mol.